The highest BCUT2D eigenvalue weighted by Crippen LogP contribution is 2.47. The molecule has 0 N–H and O–H groups in total. The molecule has 1 aliphatic heterocycles. The molecular weight excluding hydrogens is 458 g/mol. The average Bonchev–Trinajstić information content (AvgIpc) is 3.13. The number of hydrogen-bond acceptors (Lipinski definition) is 1. The maximum Gasteiger partial charge on any atom is 0.0787 e. The van der Waals surface area contributed by atoms with Crippen molar-refractivity contribution < 1.29 is 0 Å². The molecule has 182 valence electrons. The summed E-state index contributed by atoms with van der Waals surface area (Å²) in [4.78, 5) is 5.61. The molecule has 1 unspecified atom stereocenters. The third kappa shape index (κ3) is 4.55. The number of allylic oxidation sites excluding steroid dienone is 3. The van der Waals surface area contributed by atoms with Gasteiger partial charge in [-0.25, -0.2) is 0 Å². The minimum atomic E-state index is -0.0408. The molecule has 38 heavy (non-hydrogen) atoms. The van der Waals surface area contributed by atoms with Crippen LogP contribution >= 0.6 is 0 Å². The molecule has 5 aromatic carbocycles. The molecule has 0 fully saturated rings. The van der Waals surface area contributed by atoms with Crippen LogP contribution in [0.15, 0.2) is 162 Å². The first kappa shape index (κ1) is 23.6. The standard InChI is InChI=1S/C37H29N/c1-27-33(28-17-7-2-8-18-28)35(30-21-11-4-12-22-30)37(32-25-15-6-16-26-32)38-36(31-23-13-5-14-24-31)34(27)29-19-9-3-10-20-29/h2-26,35H,1H3. The lowest BCUT2D eigenvalue weighted by Gasteiger charge is -2.25. The number of rotatable bonds is 5. The van der Waals surface area contributed by atoms with Crippen LogP contribution in [0.25, 0.3) is 16.8 Å². The van der Waals surface area contributed by atoms with Gasteiger partial charge in [0.15, 0.2) is 0 Å². The Morgan fingerprint density at radius 2 is 0.868 bits per heavy atom. The van der Waals surface area contributed by atoms with E-state index in [1.54, 1.807) is 0 Å². The average molecular weight is 488 g/mol. The van der Waals surface area contributed by atoms with Gasteiger partial charge in [-0.05, 0) is 40.3 Å². The van der Waals surface area contributed by atoms with E-state index in [0.717, 1.165) is 22.5 Å². The van der Waals surface area contributed by atoms with Gasteiger partial charge in [-0.2, -0.15) is 0 Å². The van der Waals surface area contributed by atoms with E-state index < -0.39 is 0 Å². The van der Waals surface area contributed by atoms with Crippen molar-refractivity contribution in [2.24, 2.45) is 4.99 Å². The van der Waals surface area contributed by atoms with Gasteiger partial charge < -0.3 is 0 Å². The van der Waals surface area contributed by atoms with Crippen LogP contribution in [0.4, 0.5) is 0 Å². The third-order valence-electron chi connectivity index (χ3n) is 7.21. The van der Waals surface area contributed by atoms with Crippen LogP contribution in [-0.4, -0.2) is 5.71 Å². The second-order valence-corrected chi connectivity index (χ2v) is 9.57. The quantitative estimate of drug-likeness (QED) is 0.234. The van der Waals surface area contributed by atoms with Gasteiger partial charge in [0.2, 0.25) is 0 Å². The maximum atomic E-state index is 5.61. The van der Waals surface area contributed by atoms with Gasteiger partial charge in [0.1, 0.15) is 0 Å². The molecule has 0 aromatic heterocycles. The van der Waals surface area contributed by atoms with E-state index >= 15 is 0 Å². The monoisotopic (exact) mass is 487 g/mol. The lowest BCUT2D eigenvalue weighted by molar-refractivity contribution is 1.14. The van der Waals surface area contributed by atoms with E-state index in [4.69, 9.17) is 4.99 Å². The minimum absolute atomic E-state index is 0.0408. The van der Waals surface area contributed by atoms with Crippen LogP contribution in [0.5, 0.6) is 0 Å². The summed E-state index contributed by atoms with van der Waals surface area (Å²) in [7, 11) is 0. The van der Waals surface area contributed by atoms with Crippen LogP contribution < -0.4 is 0 Å². The molecule has 0 saturated heterocycles. The predicted molar refractivity (Wildman–Crippen MR) is 161 cm³/mol. The highest BCUT2D eigenvalue weighted by molar-refractivity contribution is 6.19. The van der Waals surface area contributed by atoms with Gasteiger partial charge >= 0.3 is 0 Å². The summed E-state index contributed by atoms with van der Waals surface area (Å²) < 4.78 is 0. The Morgan fingerprint density at radius 1 is 0.447 bits per heavy atom. The second kappa shape index (κ2) is 10.7. The maximum absolute atomic E-state index is 5.61. The minimum Gasteiger partial charge on any atom is -0.251 e. The van der Waals surface area contributed by atoms with Crippen molar-refractivity contribution in [3.8, 4) is 0 Å². The normalized spacial score (nSPS) is 15.7. The fourth-order valence-electron chi connectivity index (χ4n) is 5.48. The van der Waals surface area contributed by atoms with Crippen LogP contribution in [0.1, 0.15) is 40.7 Å². The van der Waals surface area contributed by atoms with E-state index in [-0.39, 0.29) is 5.92 Å². The zero-order chi connectivity index (χ0) is 25.7. The number of aliphatic imine (C=N–C) groups is 1. The molecule has 5 aromatic rings. The first-order chi connectivity index (χ1) is 18.8. The van der Waals surface area contributed by atoms with Crippen molar-refractivity contribution in [2.45, 2.75) is 12.8 Å². The highest BCUT2D eigenvalue weighted by atomic mass is 14.8. The van der Waals surface area contributed by atoms with Crippen molar-refractivity contribution in [3.05, 3.63) is 185 Å². The van der Waals surface area contributed by atoms with Gasteiger partial charge in [-0.1, -0.05) is 152 Å². The van der Waals surface area contributed by atoms with Crippen LogP contribution in [0, 0.1) is 0 Å². The summed E-state index contributed by atoms with van der Waals surface area (Å²) in [6, 6.07) is 53.6. The molecule has 0 spiro atoms. The second-order valence-electron chi connectivity index (χ2n) is 9.57. The SMILES string of the molecule is CC1=C(c2ccccc2)C(c2ccccc2)C(c2ccccc2)=NC(c2ccccc2)=C1c1ccccc1. The van der Waals surface area contributed by atoms with Crippen LogP contribution in [0.2, 0.25) is 0 Å². The van der Waals surface area contributed by atoms with Gasteiger partial charge in [-0.15, -0.1) is 0 Å². The van der Waals surface area contributed by atoms with E-state index in [0.29, 0.717) is 0 Å². The summed E-state index contributed by atoms with van der Waals surface area (Å²) >= 11 is 0. The fraction of sp³-hybridized carbons (Fsp3) is 0.0541. The fourth-order valence-corrected chi connectivity index (χ4v) is 5.48. The molecule has 1 atom stereocenters. The molecule has 1 heteroatoms. The van der Waals surface area contributed by atoms with Crippen molar-refractivity contribution in [1.82, 2.24) is 0 Å². The molecule has 1 heterocycles. The van der Waals surface area contributed by atoms with Crippen molar-refractivity contribution in [2.75, 3.05) is 0 Å². The first-order valence-electron chi connectivity index (χ1n) is 13.1. The Kier molecular flexibility index (Phi) is 6.66. The molecular formula is C37H29N. The predicted octanol–water partition coefficient (Wildman–Crippen LogP) is 9.32. The lowest BCUT2D eigenvalue weighted by Crippen LogP contribution is -2.16. The zero-order valence-corrected chi connectivity index (χ0v) is 21.5. The van der Waals surface area contributed by atoms with Gasteiger partial charge in [0, 0.05) is 11.1 Å². The molecule has 1 aliphatic rings. The Balaban J connectivity index is 1.78. The van der Waals surface area contributed by atoms with E-state index in [1.165, 1.54) is 33.4 Å². The van der Waals surface area contributed by atoms with E-state index in [2.05, 4.69) is 159 Å². The van der Waals surface area contributed by atoms with Gasteiger partial charge in [-0.3, -0.25) is 4.99 Å². The number of hydrogen-bond donors (Lipinski definition) is 0. The Morgan fingerprint density at radius 3 is 1.39 bits per heavy atom. The van der Waals surface area contributed by atoms with Crippen molar-refractivity contribution in [1.29, 1.82) is 0 Å². The van der Waals surface area contributed by atoms with Gasteiger partial charge in [0.25, 0.3) is 0 Å². The summed E-state index contributed by atoms with van der Waals surface area (Å²) in [6.45, 7) is 2.27. The Labute approximate surface area is 225 Å². The number of benzene rings is 5. The van der Waals surface area contributed by atoms with Crippen LogP contribution in [-0.2, 0) is 0 Å². The molecule has 1 nitrogen and oxygen atoms in total. The third-order valence-corrected chi connectivity index (χ3v) is 7.21. The summed E-state index contributed by atoms with van der Waals surface area (Å²) in [5.41, 5.74) is 11.6. The van der Waals surface area contributed by atoms with Crippen LogP contribution in [0.3, 0.4) is 0 Å². The van der Waals surface area contributed by atoms with E-state index in [1.807, 2.05) is 0 Å². The Hall–Kier alpha value is -4.75. The summed E-state index contributed by atoms with van der Waals surface area (Å²) in [6.07, 6.45) is 0. The Bertz CT molecular complexity index is 1610. The molecule has 0 saturated carbocycles. The molecule has 6 rings (SSSR count). The number of nitrogens with zero attached hydrogens (tertiary/aromatic N) is 1. The highest BCUT2D eigenvalue weighted by Gasteiger charge is 2.32. The van der Waals surface area contributed by atoms with Gasteiger partial charge in [0.05, 0.1) is 17.3 Å². The summed E-state index contributed by atoms with van der Waals surface area (Å²) in [5, 5.41) is 0. The molecule has 0 aliphatic carbocycles. The zero-order valence-electron chi connectivity index (χ0n) is 21.5. The van der Waals surface area contributed by atoms with Crippen molar-refractivity contribution in [3.63, 3.8) is 0 Å². The molecule has 0 amide bonds. The topological polar surface area (TPSA) is 12.4 Å². The van der Waals surface area contributed by atoms with Crippen molar-refractivity contribution >= 4 is 22.6 Å². The first-order valence-corrected chi connectivity index (χ1v) is 13.1. The smallest absolute Gasteiger partial charge is 0.0787 e. The molecule has 0 radical (unpaired) electrons. The largest absolute Gasteiger partial charge is 0.251 e. The summed E-state index contributed by atoms with van der Waals surface area (Å²) in [5.74, 6) is -0.0408. The molecule has 0 bridgehead atoms. The van der Waals surface area contributed by atoms with E-state index in [9.17, 15) is 0 Å². The lowest BCUT2D eigenvalue weighted by atomic mass is 9.77.